The van der Waals surface area contributed by atoms with Crippen LogP contribution >= 0.6 is 0 Å². The number of benzene rings is 1. The van der Waals surface area contributed by atoms with Gasteiger partial charge in [-0.25, -0.2) is 9.31 Å². The topological polar surface area (TPSA) is 101 Å². The molecule has 0 aliphatic rings. The first kappa shape index (κ1) is 18.4. The van der Waals surface area contributed by atoms with Gasteiger partial charge in [0.2, 0.25) is 0 Å². The molecule has 1 aromatic carbocycles. The lowest BCUT2D eigenvalue weighted by Gasteiger charge is -2.11. The number of rotatable bonds is 3. The van der Waals surface area contributed by atoms with E-state index < -0.39 is 23.6 Å². The third-order valence-electron chi connectivity index (χ3n) is 4.00. The number of carbonyl (C=O) groups is 1. The van der Waals surface area contributed by atoms with Gasteiger partial charge >= 0.3 is 12.3 Å². The van der Waals surface area contributed by atoms with Crippen molar-refractivity contribution in [3.63, 3.8) is 0 Å². The molecule has 0 bridgehead atoms. The van der Waals surface area contributed by atoms with Crippen molar-refractivity contribution < 1.29 is 27.4 Å². The summed E-state index contributed by atoms with van der Waals surface area (Å²) >= 11 is 0. The number of methoxy groups -OCH3 is 1. The van der Waals surface area contributed by atoms with Gasteiger partial charge in [0, 0.05) is 12.3 Å². The molecule has 0 atom stereocenters. The third kappa shape index (κ3) is 3.24. The van der Waals surface area contributed by atoms with Crippen LogP contribution in [0.25, 0.3) is 22.4 Å². The molecule has 12 heteroatoms. The first-order valence-corrected chi connectivity index (χ1v) is 7.99. The molecule has 0 saturated heterocycles. The smallest absolute Gasteiger partial charge is 0.465 e. The summed E-state index contributed by atoms with van der Waals surface area (Å²) in [4.78, 5) is 24.6. The zero-order valence-corrected chi connectivity index (χ0v) is 14.5. The molecule has 4 rings (SSSR count). The van der Waals surface area contributed by atoms with Crippen LogP contribution in [0, 0.1) is 0 Å². The van der Waals surface area contributed by atoms with E-state index >= 15 is 0 Å². The average molecular weight is 405 g/mol. The van der Waals surface area contributed by atoms with Gasteiger partial charge in [-0.1, -0.05) is 6.07 Å². The number of ether oxygens (including phenoxy) is 2. The van der Waals surface area contributed by atoms with Crippen molar-refractivity contribution in [3.05, 3.63) is 58.6 Å². The maximum absolute atomic E-state index is 12.8. The predicted molar refractivity (Wildman–Crippen MR) is 91.9 cm³/mol. The lowest BCUT2D eigenvalue weighted by Crippen LogP contribution is -2.21. The molecule has 0 aliphatic carbocycles. The summed E-state index contributed by atoms with van der Waals surface area (Å²) in [6, 6.07) is 6.41. The van der Waals surface area contributed by atoms with Crippen molar-refractivity contribution in [1.82, 2.24) is 24.4 Å². The van der Waals surface area contributed by atoms with Crippen LogP contribution < -0.4 is 10.3 Å². The Kier molecular flexibility index (Phi) is 4.18. The summed E-state index contributed by atoms with van der Waals surface area (Å²) in [5.74, 6) is -1.14. The van der Waals surface area contributed by atoms with E-state index in [4.69, 9.17) is 0 Å². The lowest BCUT2D eigenvalue weighted by atomic mass is 10.2. The Morgan fingerprint density at radius 2 is 1.97 bits per heavy atom. The Hall–Kier alpha value is -3.96. The van der Waals surface area contributed by atoms with Crippen molar-refractivity contribution in [3.8, 4) is 11.4 Å². The number of aromatic nitrogens is 5. The number of fused-ring (bicyclic) bond motifs is 3. The second-order valence-electron chi connectivity index (χ2n) is 5.76. The molecule has 0 aliphatic heterocycles. The second kappa shape index (κ2) is 6.58. The van der Waals surface area contributed by atoms with E-state index in [1.807, 2.05) is 0 Å². The molecular weight excluding hydrogens is 395 g/mol. The van der Waals surface area contributed by atoms with E-state index in [0.717, 1.165) is 16.7 Å². The minimum Gasteiger partial charge on any atom is -0.465 e. The predicted octanol–water partition coefficient (Wildman–Crippen LogP) is 2.11. The summed E-state index contributed by atoms with van der Waals surface area (Å²) < 4.78 is 48.2. The van der Waals surface area contributed by atoms with E-state index in [1.165, 1.54) is 42.2 Å². The molecule has 0 unspecified atom stereocenters. The van der Waals surface area contributed by atoms with Crippen molar-refractivity contribution in [1.29, 1.82) is 0 Å². The van der Waals surface area contributed by atoms with Crippen LogP contribution in [0.15, 0.2) is 47.5 Å². The summed E-state index contributed by atoms with van der Waals surface area (Å²) in [5.41, 5.74) is -0.173. The zero-order chi connectivity index (χ0) is 20.8. The molecule has 4 aromatic rings. The fraction of sp³-hybridized carbons (Fsp3) is 0.118. The lowest BCUT2D eigenvalue weighted by molar-refractivity contribution is -0.274. The minimum atomic E-state index is -4.86. The molecule has 0 spiro atoms. The largest absolute Gasteiger partial charge is 0.573 e. The zero-order valence-electron chi connectivity index (χ0n) is 14.5. The molecule has 0 amide bonds. The van der Waals surface area contributed by atoms with E-state index in [9.17, 15) is 22.8 Å². The normalized spacial score (nSPS) is 11.7. The first-order chi connectivity index (χ1) is 13.8. The van der Waals surface area contributed by atoms with Crippen molar-refractivity contribution >= 4 is 22.6 Å². The fourth-order valence-corrected chi connectivity index (χ4v) is 2.78. The SMILES string of the molecule is COC(=O)c1cnn2c1nnc1c(=O)n(-c3cccc(OC(F)(F)F)c3)ccc12. The van der Waals surface area contributed by atoms with Gasteiger partial charge in [0.15, 0.2) is 11.2 Å². The van der Waals surface area contributed by atoms with Crippen LogP contribution in [0.2, 0.25) is 0 Å². The number of alkyl halides is 3. The first-order valence-electron chi connectivity index (χ1n) is 7.99. The summed E-state index contributed by atoms with van der Waals surface area (Å²) in [6.07, 6.45) is -2.28. The molecule has 0 radical (unpaired) electrons. The van der Waals surface area contributed by atoms with Crippen LogP contribution in [0.3, 0.4) is 0 Å². The number of hydrogen-bond donors (Lipinski definition) is 0. The number of pyridine rings is 1. The van der Waals surface area contributed by atoms with Gasteiger partial charge in [-0.15, -0.1) is 23.4 Å². The van der Waals surface area contributed by atoms with Crippen molar-refractivity contribution in [2.24, 2.45) is 0 Å². The van der Waals surface area contributed by atoms with Gasteiger partial charge in [-0.2, -0.15) is 5.10 Å². The Morgan fingerprint density at radius 1 is 1.17 bits per heavy atom. The number of esters is 1. The number of halogens is 3. The standard InChI is InChI=1S/C17H10F3N5O4/c1-28-16(27)11-8-21-25-12-5-6-24(15(26)13(12)22-23-14(11)25)9-3-2-4-10(7-9)29-17(18,19)20/h2-8H,1H3. The van der Waals surface area contributed by atoms with Crippen LogP contribution in [0.4, 0.5) is 13.2 Å². The van der Waals surface area contributed by atoms with Gasteiger partial charge in [-0.05, 0) is 18.2 Å². The monoisotopic (exact) mass is 405 g/mol. The number of nitrogens with zero attached hydrogens (tertiary/aromatic N) is 5. The maximum Gasteiger partial charge on any atom is 0.573 e. The average Bonchev–Trinajstić information content (AvgIpc) is 3.11. The minimum absolute atomic E-state index is 0.0723. The van der Waals surface area contributed by atoms with E-state index in [1.54, 1.807) is 0 Å². The van der Waals surface area contributed by atoms with Crippen LogP contribution in [0.5, 0.6) is 5.75 Å². The quantitative estimate of drug-likeness (QED) is 0.481. The van der Waals surface area contributed by atoms with Gasteiger partial charge in [-0.3, -0.25) is 9.36 Å². The highest BCUT2D eigenvalue weighted by Crippen LogP contribution is 2.24. The highest BCUT2D eigenvalue weighted by Gasteiger charge is 2.31. The summed E-state index contributed by atoms with van der Waals surface area (Å²) in [5, 5.41) is 11.8. The Labute approximate surface area is 158 Å². The molecule has 0 saturated carbocycles. The van der Waals surface area contributed by atoms with Gasteiger partial charge in [0.1, 0.15) is 16.8 Å². The Morgan fingerprint density at radius 3 is 2.69 bits per heavy atom. The van der Waals surface area contributed by atoms with Crippen molar-refractivity contribution in [2.45, 2.75) is 6.36 Å². The Balaban J connectivity index is 1.85. The fourth-order valence-electron chi connectivity index (χ4n) is 2.78. The van der Waals surface area contributed by atoms with E-state index in [0.29, 0.717) is 0 Å². The number of carbonyl (C=O) groups excluding carboxylic acids is 1. The Bertz CT molecular complexity index is 1310. The van der Waals surface area contributed by atoms with E-state index in [-0.39, 0.29) is 27.9 Å². The molecule has 29 heavy (non-hydrogen) atoms. The molecule has 0 N–H and O–H groups in total. The molecular formula is C17H10F3N5O4. The molecule has 0 fully saturated rings. The van der Waals surface area contributed by atoms with Gasteiger partial charge in [0.25, 0.3) is 5.56 Å². The van der Waals surface area contributed by atoms with Crippen LogP contribution in [-0.4, -0.2) is 43.8 Å². The second-order valence-corrected chi connectivity index (χ2v) is 5.76. The molecule has 3 aromatic heterocycles. The maximum atomic E-state index is 12.8. The highest BCUT2D eigenvalue weighted by molar-refractivity contribution is 5.96. The van der Waals surface area contributed by atoms with Crippen LogP contribution in [-0.2, 0) is 4.74 Å². The molecule has 9 nitrogen and oxygen atoms in total. The molecule has 148 valence electrons. The van der Waals surface area contributed by atoms with Gasteiger partial charge < -0.3 is 9.47 Å². The van der Waals surface area contributed by atoms with Crippen LogP contribution in [0.1, 0.15) is 10.4 Å². The third-order valence-corrected chi connectivity index (χ3v) is 4.00. The van der Waals surface area contributed by atoms with E-state index in [2.05, 4.69) is 24.8 Å². The van der Waals surface area contributed by atoms with Gasteiger partial charge in [0.05, 0.1) is 19.0 Å². The highest BCUT2D eigenvalue weighted by atomic mass is 19.4. The summed E-state index contributed by atoms with van der Waals surface area (Å²) in [6.45, 7) is 0. The summed E-state index contributed by atoms with van der Waals surface area (Å²) in [7, 11) is 1.20. The number of hydrogen-bond acceptors (Lipinski definition) is 7. The van der Waals surface area contributed by atoms with Crippen molar-refractivity contribution in [2.75, 3.05) is 7.11 Å². The molecule has 3 heterocycles.